The van der Waals surface area contributed by atoms with E-state index in [1.807, 2.05) is 6.07 Å². The number of nitriles is 1. The molecule has 0 bridgehead atoms. The van der Waals surface area contributed by atoms with Crippen molar-refractivity contribution in [3.63, 3.8) is 0 Å². The normalized spacial score (nSPS) is 13.4. The van der Waals surface area contributed by atoms with Gasteiger partial charge in [0.25, 0.3) is 0 Å². The molecule has 1 aliphatic carbocycles. The summed E-state index contributed by atoms with van der Waals surface area (Å²) < 4.78 is 5.73. The van der Waals surface area contributed by atoms with E-state index in [1.165, 1.54) is 0 Å². The van der Waals surface area contributed by atoms with Crippen LogP contribution in [0, 0.1) is 11.3 Å². The summed E-state index contributed by atoms with van der Waals surface area (Å²) in [6.07, 6.45) is 4.17. The Bertz CT molecular complexity index is 738. The van der Waals surface area contributed by atoms with Crippen molar-refractivity contribution in [2.75, 3.05) is 0 Å². The summed E-state index contributed by atoms with van der Waals surface area (Å²) in [6.45, 7) is 0. The Morgan fingerprint density at radius 3 is 2.67 bits per heavy atom. The lowest BCUT2D eigenvalue weighted by molar-refractivity contribution is 0.456. The molecular weight excluding hydrogens is 307 g/mol. The fourth-order valence-electron chi connectivity index (χ4n) is 2.42. The van der Waals surface area contributed by atoms with E-state index >= 15 is 0 Å². The molecule has 21 heavy (non-hydrogen) atoms. The van der Waals surface area contributed by atoms with Gasteiger partial charge in [0.1, 0.15) is 17.4 Å². The molecule has 0 amide bonds. The van der Waals surface area contributed by atoms with Crippen LogP contribution in [0.4, 0.5) is 0 Å². The number of hydrogen-bond donors (Lipinski definition) is 0. The Morgan fingerprint density at radius 2 is 1.90 bits per heavy atom. The van der Waals surface area contributed by atoms with Crippen molar-refractivity contribution in [2.45, 2.75) is 25.7 Å². The molecule has 0 unspecified atom stereocenters. The Kier molecular flexibility index (Phi) is 4.01. The van der Waals surface area contributed by atoms with E-state index in [2.05, 4.69) is 11.1 Å². The van der Waals surface area contributed by atoms with Crippen LogP contribution in [0.15, 0.2) is 24.3 Å². The van der Waals surface area contributed by atoms with Crippen molar-refractivity contribution in [3.8, 4) is 17.7 Å². The lowest BCUT2D eigenvalue weighted by Gasteiger charge is -2.16. The van der Waals surface area contributed by atoms with Gasteiger partial charge in [0.2, 0.25) is 5.88 Å². The summed E-state index contributed by atoms with van der Waals surface area (Å²) in [4.78, 5) is 4.51. The monoisotopic (exact) mass is 318 g/mol. The zero-order valence-corrected chi connectivity index (χ0v) is 12.7. The molecule has 3 rings (SSSR count). The standard InChI is InChI=1S/C16H12Cl2N2O/c17-13-6-5-12(8-14(13)18)21-16-11(9-19)7-10-3-1-2-4-15(10)20-16/h5-8H,1-4H2. The SMILES string of the molecule is N#Cc1cc2c(nc1Oc1ccc(Cl)c(Cl)c1)CCCC2. The highest BCUT2D eigenvalue weighted by molar-refractivity contribution is 6.42. The molecule has 106 valence electrons. The van der Waals surface area contributed by atoms with Crippen molar-refractivity contribution >= 4 is 23.2 Å². The van der Waals surface area contributed by atoms with Crippen LogP contribution in [-0.4, -0.2) is 4.98 Å². The maximum absolute atomic E-state index is 9.28. The zero-order valence-electron chi connectivity index (χ0n) is 11.2. The highest BCUT2D eigenvalue weighted by Gasteiger charge is 2.16. The number of pyridine rings is 1. The van der Waals surface area contributed by atoms with Crippen molar-refractivity contribution < 1.29 is 4.74 Å². The number of aromatic nitrogens is 1. The van der Waals surface area contributed by atoms with Gasteiger partial charge in [-0.15, -0.1) is 0 Å². The van der Waals surface area contributed by atoms with Crippen LogP contribution in [0.1, 0.15) is 29.7 Å². The first-order chi connectivity index (χ1) is 10.2. The number of nitrogens with zero attached hydrogens (tertiary/aromatic N) is 2. The Hall–Kier alpha value is -1.76. The third-order valence-electron chi connectivity index (χ3n) is 3.49. The summed E-state index contributed by atoms with van der Waals surface area (Å²) in [5, 5.41) is 10.1. The van der Waals surface area contributed by atoms with Crippen molar-refractivity contribution in [1.29, 1.82) is 5.26 Å². The molecule has 1 aromatic heterocycles. The van der Waals surface area contributed by atoms with Crippen LogP contribution in [0.25, 0.3) is 0 Å². The van der Waals surface area contributed by atoms with Crippen LogP contribution < -0.4 is 4.74 Å². The van der Waals surface area contributed by atoms with E-state index in [9.17, 15) is 5.26 Å². The number of benzene rings is 1. The van der Waals surface area contributed by atoms with Gasteiger partial charge in [-0.05, 0) is 49.4 Å². The average molecular weight is 319 g/mol. The van der Waals surface area contributed by atoms with E-state index in [4.69, 9.17) is 27.9 Å². The predicted octanol–water partition coefficient (Wildman–Crippen LogP) is 4.93. The lowest BCUT2D eigenvalue weighted by Crippen LogP contribution is -2.07. The zero-order chi connectivity index (χ0) is 14.8. The molecule has 0 saturated carbocycles. The maximum Gasteiger partial charge on any atom is 0.237 e. The second-order valence-electron chi connectivity index (χ2n) is 4.94. The number of hydrogen-bond acceptors (Lipinski definition) is 3. The van der Waals surface area contributed by atoms with Gasteiger partial charge < -0.3 is 4.74 Å². The smallest absolute Gasteiger partial charge is 0.237 e. The van der Waals surface area contributed by atoms with E-state index < -0.39 is 0 Å². The van der Waals surface area contributed by atoms with Gasteiger partial charge in [-0.1, -0.05) is 23.2 Å². The van der Waals surface area contributed by atoms with Crippen LogP contribution in [-0.2, 0) is 12.8 Å². The number of fused-ring (bicyclic) bond motifs is 1. The summed E-state index contributed by atoms with van der Waals surface area (Å²) in [5.74, 6) is 0.848. The first kappa shape index (κ1) is 14.2. The van der Waals surface area contributed by atoms with Crippen LogP contribution in [0.5, 0.6) is 11.6 Å². The molecule has 2 aromatic rings. The first-order valence-electron chi connectivity index (χ1n) is 6.73. The molecule has 0 atom stereocenters. The topological polar surface area (TPSA) is 45.9 Å². The maximum atomic E-state index is 9.28. The lowest BCUT2D eigenvalue weighted by atomic mass is 9.95. The van der Waals surface area contributed by atoms with Crippen molar-refractivity contribution in [3.05, 3.63) is 51.1 Å². The predicted molar refractivity (Wildman–Crippen MR) is 82.1 cm³/mol. The molecule has 0 spiro atoms. The van der Waals surface area contributed by atoms with E-state index in [-0.39, 0.29) is 0 Å². The van der Waals surface area contributed by atoms with Crippen LogP contribution >= 0.6 is 23.2 Å². The molecule has 3 nitrogen and oxygen atoms in total. The van der Waals surface area contributed by atoms with Gasteiger partial charge in [-0.25, -0.2) is 4.98 Å². The molecule has 1 aliphatic rings. The fourth-order valence-corrected chi connectivity index (χ4v) is 2.71. The Morgan fingerprint density at radius 1 is 1.10 bits per heavy atom. The van der Waals surface area contributed by atoms with Gasteiger partial charge in [-0.2, -0.15) is 5.26 Å². The molecular formula is C16H12Cl2N2O. The molecule has 0 radical (unpaired) electrons. The van der Waals surface area contributed by atoms with E-state index in [0.717, 1.165) is 36.9 Å². The Balaban J connectivity index is 1.97. The number of rotatable bonds is 2. The van der Waals surface area contributed by atoms with Gasteiger partial charge >= 0.3 is 0 Å². The van der Waals surface area contributed by atoms with E-state index in [1.54, 1.807) is 18.2 Å². The minimum atomic E-state index is 0.330. The summed E-state index contributed by atoms with van der Waals surface area (Å²) >= 11 is 11.9. The number of halogens is 2. The summed E-state index contributed by atoms with van der Waals surface area (Å²) in [6, 6.07) is 9.01. The quantitative estimate of drug-likeness (QED) is 0.788. The molecule has 0 aliphatic heterocycles. The van der Waals surface area contributed by atoms with Crippen molar-refractivity contribution in [1.82, 2.24) is 4.98 Å². The Labute approximate surface area is 133 Å². The third kappa shape index (κ3) is 2.97. The molecule has 0 saturated heterocycles. The van der Waals surface area contributed by atoms with Crippen LogP contribution in [0.2, 0.25) is 10.0 Å². The molecule has 5 heteroatoms. The number of aryl methyl sites for hydroxylation is 2. The molecule has 0 fully saturated rings. The largest absolute Gasteiger partial charge is 0.438 e. The van der Waals surface area contributed by atoms with Gasteiger partial charge in [-0.3, -0.25) is 0 Å². The van der Waals surface area contributed by atoms with Gasteiger partial charge in [0, 0.05) is 11.8 Å². The minimum Gasteiger partial charge on any atom is -0.438 e. The third-order valence-corrected chi connectivity index (χ3v) is 4.23. The van der Waals surface area contributed by atoms with Crippen LogP contribution in [0.3, 0.4) is 0 Å². The number of ether oxygens (including phenoxy) is 1. The fraction of sp³-hybridized carbons (Fsp3) is 0.250. The molecule has 1 heterocycles. The van der Waals surface area contributed by atoms with Gasteiger partial charge in [0.05, 0.1) is 10.0 Å². The summed E-state index contributed by atoms with van der Waals surface area (Å²) in [5.41, 5.74) is 2.62. The highest BCUT2D eigenvalue weighted by Crippen LogP contribution is 2.32. The average Bonchev–Trinajstić information content (AvgIpc) is 2.50. The van der Waals surface area contributed by atoms with Crippen molar-refractivity contribution in [2.24, 2.45) is 0 Å². The molecule has 1 aromatic carbocycles. The first-order valence-corrected chi connectivity index (χ1v) is 7.49. The second kappa shape index (κ2) is 5.93. The summed E-state index contributed by atoms with van der Waals surface area (Å²) in [7, 11) is 0. The molecule has 0 N–H and O–H groups in total. The highest BCUT2D eigenvalue weighted by atomic mass is 35.5. The van der Waals surface area contributed by atoms with Gasteiger partial charge in [0.15, 0.2) is 0 Å². The van der Waals surface area contributed by atoms with E-state index in [0.29, 0.717) is 27.2 Å². The second-order valence-corrected chi connectivity index (χ2v) is 5.76. The minimum absolute atomic E-state index is 0.330.